The average Bonchev–Trinajstić information content (AvgIpc) is 3.36. The van der Waals surface area contributed by atoms with Crippen molar-refractivity contribution in [2.45, 2.75) is 13.5 Å². The highest BCUT2D eigenvalue weighted by Crippen LogP contribution is 2.26. The van der Waals surface area contributed by atoms with Gasteiger partial charge in [0.15, 0.2) is 5.76 Å². The van der Waals surface area contributed by atoms with Gasteiger partial charge in [0.2, 0.25) is 5.82 Å². The van der Waals surface area contributed by atoms with E-state index in [-0.39, 0.29) is 24.0 Å². The molecule has 2 aromatic heterocycles. The van der Waals surface area contributed by atoms with E-state index in [9.17, 15) is 14.5 Å². The molecule has 2 heterocycles. The van der Waals surface area contributed by atoms with Crippen LogP contribution < -0.4 is 4.74 Å². The lowest BCUT2D eigenvalue weighted by Gasteiger charge is -2.05. The maximum atomic E-state index is 13.0. The van der Waals surface area contributed by atoms with Gasteiger partial charge in [-0.05, 0) is 55.5 Å². The molecule has 4 aromatic rings. The molecular weight excluding hydrogens is 381 g/mol. The molecule has 146 valence electrons. The number of aromatic nitrogens is 2. The fourth-order valence-corrected chi connectivity index (χ4v) is 2.69. The Morgan fingerprint density at radius 2 is 1.93 bits per heavy atom. The Hall–Kier alpha value is -4.01. The first-order valence-electron chi connectivity index (χ1n) is 8.56. The molecule has 29 heavy (non-hydrogen) atoms. The minimum Gasteiger partial charge on any atom is -0.486 e. The number of ether oxygens (including phenoxy) is 1. The van der Waals surface area contributed by atoms with Crippen LogP contribution in [0.5, 0.6) is 5.75 Å². The molecule has 0 aliphatic carbocycles. The number of aryl methyl sites for hydroxylation is 1. The van der Waals surface area contributed by atoms with Crippen molar-refractivity contribution in [3.63, 3.8) is 0 Å². The number of halogens is 1. The molecule has 4 rings (SSSR count). The van der Waals surface area contributed by atoms with Crippen molar-refractivity contribution >= 4 is 5.69 Å². The van der Waals surface area contributed by atoms with Crippen LogP contribution in [0.1, 0.15) is 11.3 Å². The monoisotopic (exact) mass is 395 g/mol. The van der Waals surface area contributed by atoms with Crippen molar-refractivity contribution in [3.05, 3.63) is 81.9 Å². The predicted molar refractivity (Wildman–Crippen MR) is 99.6 cm³/mol. The molecule has 8 nitrogen and oxygen atoms in total. The molecule has 0 saturated heterocycles. The highest BCUT2D eigenvalue weighted by Gasteiger charge is 2.15. The topological polar surface area (TPSA) is 104 Å². The lowest BCUT2D eigenvalue weighted by Crippen LogP contribution is -1.96. The van der Waals surface area contributed by atoms with Crippen LogP contribution >= 0.6 is 0 Å². The Bertz CT molecular complexity index is 1170. The SMILES string of the molecule is Cc1cc(OCc2ccc(-c3nc(-c4ccc(F)cc4)no3)o2)ccc1[N+](=O)[O-]. The Balaban J connectivity index is 1.44. The largest absolute Gasteiger partial charge is 0.486 e. The summed E-state index contributed by atoms with van der Waals surface area (Å²) in [6.45, 7) is 1.76. The molecule has 0 aliphatic heterocycles. The third kappa shape index (κ3) is 3.98. The number of rotatable bonds is 6. The molecule has 0 N–H and O–H groups in total. The first-order chi connectivity index (χ1) is 14.0. The van der Waals surface area contributed by atoms with Gasteiger partial charge in [0.25, 0.3) is 11.6 Å². The van der Waals surface area contributed by atoms with E-state index in [0.717, 1.165) is 0 Å². The van der Waals surface area contributed by atoms with Gasteiger partial charge in [-0.15, -0.1) is 0 Å². The van der Waals surface area contributed by atoms with Crippen molar-refractivity contribution in [2.75, 3.05) is 0 Å². The molecular formula is C20H14FN3O5. The second kappa shape index (κ2) is 7.55. The Morgan fingerprint density at radius 1 is 1.14 bits per heavy atom. The van der Waals surface area contributed by atoms with E-state index < -0.39 is 4.92 Å². The molecule has 0 unspecified atom stereocenters. The molecule has 0 spiro atoms. The number of nitro groups is 1. The summed E-state index contributed by atoms with van der Waals surface area (Å²) in [6, 6.07) is 13.6. The van der Waals surface area contributed by atoms with E-state index in [2.05, 4.69) is 10.1 Å². The van der Waals surface area contributed by atoms with Crippen LogP contribution in [0.4, 0.5) is 10.1 Å². The van der Waals surface area contributed by atoms with Gasteiger partial charge in [0, 0.05) is 17.2 Å². The molecule has 0 radical (unpaired) electrons. The minimum atomic E-state index is -0.442. The summed E-state index contributed by atoms with van der Waals surface area (Å²) in [6.07, 6.45) is 0. The second-order valence-corrected chi connectivity index (χ2v) is 6.19. The predicted octanol–water partition coefficient (Wildman–Crippen LogP) is 4.93. The summed E-state index contributed by atoms with van der Waals surface area (Å²) in [7, 11) is 0. The summed E-state index contributed by atoms with van der Waals surface area (Å²) in [4.78, 5) is 14.7. The number of nitrogens with zero attached hydrogens (tertiary/aromatic N) is 3. The zero-order valence-electron chi connectivity index (χ0n) is 15.2. The standard InChI is InChI=1S/C20H14FN3O5/c1-12-10-15(6-8-17(12)24(25)26)27-11-16-7-9-18(28-16)20-22-19(23-29-20)13-2-4-14(21)5-3-13/h2-10H,11H2,1H3. The van der Waals surface area contributed by atoms with Crippen LogP contribution in [0.15, 0.2) is 63.5 Å². The molecule has 0 amide bonds. The zero-order chi connectivity index (χ0) is 20.4. The van der Waals surface area contributed by atoms with Gasteiger partial charge in [-0.3, -0.25) is 10.1 Å². The van der Waals surface area contributed by atoms with Gasteiger partial charge < -0.3 is 13.7 Å². The van der Waals surface area contributed by atoms with Crippen LogP contribution in [-0.2, 0) is 6.61 Å². The van der Waals surface area contributed by atoms with Crippen molar-refractivity contribution in [1.29, 1.82) is 0 Å². The maximum Gasteiger partial charge on any atom is 0.293 e. The van der Waals surface area contributed by atoms with E-state index in [1.807, 2.05) is 0 Å². The number of furan rings is 1. The highest BCUT2D eigenvalue weighted by molar-refractivity contribution is 5.57. The number of nitro benzene ring substituents is 1. The van der Waals surface area contributed by atoms with E-state index in [1.165, 1.54) is 24.3 Å². The molecule has 0 saturated carbocycles. The van der Waals surface area contributed by atoms with Crippen molar-refractivity contribution in [3.8, 4) is 28.8 Å². The number of hydrogen-bond acceptors (Lipinski definition) is 7. The van der Waals surface area contributed by atoms with Crippen LogP contribution in [-0.4, -0.2) is 15.1 Å². The van der Waals surface area contributed by atoms with Gasteiger partial charge in [-0.25, -0.2) is 4.39 Å². The normalized spacial score (nSPS) is 10.8. The zero-order valence-corrected chi connectivity index (χ0v) is 15.2. The maximum absolute atomic E-state index is 13.0. The van der Waals surface area contributed by atoms with Gasteiger partial charge in [-0.2, -0.15) is 4.98 Å². The summed E-state index contributed by atoms with van der Waals surface area (Å²) in [5.74, 6) is 1.51. The molecule has 0 aliphatic rings. The van der Waals surface area contributed by atoms with Crippen molar-refractivity contribution < 1.29 is 23.0 Å². The molecule has 0 bridgehead atoms. The fraction of sp³-hybridized carbons (Fsp3) is 0.100. The van der Waals surface area contributed by atoms with Crippen molar-refractivity contribution in [1.82, 2.24) is 10.1 Å². The Morgan fingerprint density at radius 3 is 2.66 bits per heavy atom. The van der Waals surface area contributed by atoms with Crippen LogP contribution in [0, 0.1) is 22.9 Å². The van der Waals surface area contributed by atoms with E-state index in [0.29, 0.717) is 34.2 Å². The molecule has 2 aromatic carbocycles. The first kappa shape index (κ1) is 18.4. The summed E-state index contributed by atoms with van der Waals surface area (Å²) < 4.78 is 29.5. The third-order valence-electron chi connectivity index (χ3n) is 4.15. The third-order valence-corrected chi connectivity index (χ3v) is 4.15. The quantitative estimate of drug-likeness (QED) is 0.337. The molecule has 0 fully saturated rings. The molecule has 0 atom stereocenters. The van der Waals surface area contributed by atoms with E-state index >= 15 is 0 Å². The van der Waals surface area contributed by atoms with Crippen molar-refractivity contribution in [2.24, 2.45) is 0 Å². The minimum absolute atomic E-state index is 0.0333. The lowest BCUT2D eigenvalue weighted by atomic mass is 10.2. The van der Waals surface area contributed by atoms with Gasteiger partial charge in [0.05, 0.1) is 4.92 Å². The van der Waals surface area contributed by atoms with Gasteiger partial charge in [0.1, 0.15) is 23.9 Å². The summed E-state index contributed by atoms with van der Waals surface area (Å²) in [5, 5.41) is 14.7. The van der Waals surface area contributed by atoms with Crippen LogP contribution in [0.3, 0.4) is 0 Å². The van der Waals surface area contributed by atoms with Crippen LogP contribution in [0.25, 0.3) is 23.0 Å². The number of hydrogen-bond donors (Lipinski definition) is 0. The molecule has 9 heteroatoms. The van der Waals surface area contributed by atoms with E-state index in [4.69, 9.17) is 13.7 Å². The second-order valence-electron chi connectivity index (χ2n) is 6.19. The number of benzene rings is 2. The fourth-order valence-electron chi connectivity index (χ4n) is 2.69. The lowest BCUT2D eigenvalue weighted by molar-refractivity contribution is -0.385. The Kier molecular flexibility index (Phi) is 4.78. The van der Waals surface area contributed by atoms with Gasteiger partial charge in [-0.1, -0.05) is 5.16 Å². The smallest absolute Gasteiger partial charge is 0.293 e. The summed E-state index contributed by atoms with van der Waals surface area (Å²) >= 11 is 0. The average molecular weight is 395 g/mol. The van der Waals surface area contributed by atoms with E-state index in [1.54, 1.807) is 37.3 Å². The van der Waals surface area contributed by atoms with Crippen LogP contribution in [0.2, 0.25) is 0 Å². The summed E-state index contributed by atoms with van der Waals surface area (Å²) in [5.41, 5.74) is 1.16. The highest BCUT2D eigenvalue weighted by atomic mass is 19.1. The first-order valence-corrected chi connectivity index (χ1v) is 8.56. The van der Waals surface area contributed by atoms with Gasteiger partial charge >= 0.3 is 0 Å². The Labute approximate surface area is 163 Å².